The lowest BCUT2D eigenvalue weighted by Crippen LogP contribution is -2.00. The Morgan fingerprint density at radius 3 is 2.48 bits per heavy atom. The Bertz CT molecular complexity index is 514. The number of aromatic nitrogens is 2. The third kappa shape index (κ3) is 5.54. The van der Waals surface area contributed by atoms with Crippen LogP contribution in [0.4, 0.5) is 0 Å². The highest BCUT2D eigenvalue weighted by Crippen LogP contribution is 2.16. The van der Waals surface area contributed by atoms with Crippen molar-refractivity contribution in [3.8, 4) is 17.3 Å². The highest BCUT2D eigenvalue weighted by Gasteiger charge is 2.02. The maximum atomic E-state index is 5.72. The summed E-state index contributed by atoms with van der Waals surface area (Å²) in [5.74, 6) is 1.38. The number of ether oxygens (including phenoxy) is 1. The van der Waals surface area contributed by atoms with E-state index in [1.807, 2.05) is 36.4 Å². The molecule has 0 unspecified atom stereocenters. The summed E-state index contributed by atoms with van der Waals surface area (Å²) in [6, 6.07) is 11.8. The summed E-state index contributed by atoms with van der Waals surface area (Å²) in [4.78, 5) is 8.75. The van der Waals surface area contributed by atoms with Crippen LogP contribution in [0.15, 0.2) is 42.6 Å². The van der Waals surface area contributed by atoms with Gasteiger partial charge in [0.15, 0.2) is 5.82 Å². The van der Waals surface area contributed by atoms with E-state index in [2.05, 4.69) is 16.9 Å². The van der Waals surface area contributed by atoms with Crippen molar-refractivity contribution in [3.63, 3.8) is 0 Å². The largest absolute Gasteiger partial charge is 0.478 e. The summed E-state index contributed by atoms with van der Waals surface area (Å²) < 4.78 is 5.72. The first-order chi connectivity index (χ1) is 10.4. The predicted octanol–water partition coefficient (Wildman–Crippen LogP) is 4.88. The van der Waals surface area contributed by atoms with Crippen LogP contribution in [0.5, 0.6) is 5.88 Å². The molecule has 1 aromatic carbocycles. The summed E-state index contributed by atoms with van der Waals surface area (Å²) in [5.41, 5.74) is 1.02. The van der Waals surface area contributed by atoms with Gasteiger partial charge in [0.2, 0.25) is 5.88 Å². The first-order valence-corrected chi connectivity index (χ1v) is 7.91. The highest BCUT2D eigenvalue weighted by atomic mass is 16.5. The van der Waals surface area contributed by atoms with E-state index in [9.17, 15) is 0 Å². The molecule has 0 aliphatic carbocycles. The number of benzene rings is 1. The first-order valence-electron chi connectivity index (χ1n) is 7.91. The number of unbranched alkanes of at least 4 members (excludes halogenated alkanes) is 5. The maximum absolute atomic E-state index is 5.72. The molecule has 0 aliphatic heterocycles. The van der Waals surface area contributed by atoms with Gasteiger partial charge in [0.05, 0.1) is 6.61 Å². The lowest BCUT2D eigenvalue weighted by atomic mass is 10.1. The molecule has 0 radical (unpaired) electrons. The van der Waals surface area contributed by atoms with Crippen LogP contribution in [0.2, 0.25) is 0 Å². The summed E-state index contributed by atoms with van der Waals surface area (Å²) in [5, 5.41) is 0. The quantitative estimate of drug-likeness (QED) is 0.615. The van der Waals surface area contributed by atoms with E-state index in [4.69, 9.17) is 4.74 Å². The average Bonchev–Trinajstić information content (AvgIpc) is 2.55. The zero-order valence-electron chi connectivity index (χ0n) is 12.8. The van der Waals surface area contributed by atoms with Crippen LogP contribution in [0.3, 0.4) is 0 Å². The van der Waals surface area contributed by atoms with Crippen LogP contribution in [-0.2, 0) is 0 Å². The smallest absolute Gasteiger partial charge is 0.216 e. The molecule has 21 heavy (non-hydrogen) atoms. The zero-order chi connectivity index (χ0) is 14.8. The zero-order valence-corrected chi connectivity index (χ0v) is 12.8. The fraction of sp³-hybridized carbons (Fsp3) is 0.444. The summed E-state index contributed by atoms with van der Waals surface area (Å²) >= 11 is 0. The molecule has 0 N–H and O–H groups in total. The molecule has 0 saturated heterocycles. The molecule has 0 saturated carbocycles. The molecular formula is C18H24N2O. The van der Waals surface area contributed by atoms with E-state index in [0.29, 0.717) is 5.88 Å². The van der Waals surface area contributed by atoms with Crippen LogP contribution >= 0.6 is 0 Å². The Labute approximate surface area is 127 Å². The third-order valence-corrected chi connectivity index (χ3v) is 3.41. The minimum absolute atomic E-state index is 0.664. The second-order valence-electron chi connectivity index (χ2n) is 5.20. The minimum Gasteiger partial charge on any atom is -0.478 e. The van der Waals surface area contributed by atoms with E-state index < -0.39 is 0 Å². The SMILES string of the molecule is CCCCCCCCOc1ccnc(-c2ccccc2)n1. The monoisotopic (exact) mass is 284 g/mol. The van der Waals surface area contributed by atoms with Crippen molar-refractivity contribution >= 4 is 0 Å². The number of rotatable bonds is 9. The van der Waals surface area contributed by atoms with Crippen molar-refractivity contribution in [2.45, 2.75) is 45.4 Å². The van der Waals surface area contributed by atoms with Gasteiger partial charge in [0.1, 0.15) is 0 Å². The highest BCUT2D eigenvalue weighted by molar-refractivity contribution is 5.54. The van der Waals surface area contributed by atoms with E-state index in [1.165, 1.54) is 32.1 Å². The standard InChI is InChI=1S/C18H24N2O/c1-2-3-4-5-6-10-15-21-17-13-14-19-18(20-17)16-11-8-7-9-12-16/h7-9,11-14H,2-6,10,15H2,1H3. The Balaban J connectivity index is 1.77. The lowest BCUT2D eigenvalue weighted by Gasteiger charge is -2.06. The van der Waals surface area contributed by atoms with E-state index >= 15 is 0 Å². The Morgan fingerprint density at radius 1 is 0.905 bits per heavy atom. The number of hydrogen-bond donors (Lipinski definition) is 0. The molecule has 2 aromatic rings. The first kappa shape index (κ1) is 15.5. The molecule has 0 atom stereocenters. The molecule has 2 rings (SSSR count). The topological polar surface area (TPSA) is 35.0 Å². The second-order valence-corrected chi connectivity index (χ2v) is 5.20. The predicted molar refractivity (Wildman–Crippen MR) is 86.3 cm³/mol. The summed E-state index contributed by atoms with van der Waals surface area (Å²) in [6.07, 6.45) is 9.35. The minimum atomic E-state index is 0.664. The van der Waals surface area contributed by atoms with Gasteiger partial charge in [-0.1, -0.05) is 69.4 Å². The maximum Gasteiger partial charge on any atom is 0.216 e. The average molecular weight is 284 g/mol. The third-order valence-electron chi connectivity index (χ3n) is 3.41. The van der Waals surface area contributed by atoms with Crippen LogP contribution in [0.25, 0.3) is 11.4 Å². The normalized spacial score (nSPS) is 10.5. The van der Waals surface area contributed by atoms with Gasteiger partial charge < -0.3 is 4.74 Å². The van der Waals surface area contributed by atoms with Gasteiger partial charge in [-0.2, -0.15) is 4.98 Å². The van der Waals surface area contributed by atoms with Gasteiger partial charge >= 0.3 is 0 Å². The Hall–Kier alpha value is -1.90. The Morgan fingerprint density at radius 2 is 1.67 bits per heavy atom. The fourth-order valence-corrected chi connectivity index (χ4v) is 2.21. The van der Waals surface area contributed by atoms with Gasteiger partial charge in [0, 0.05) is 17.8 Å². The molecule has 1 aromatic heterocycles. The van der Waals surface area contributed by atoms with Crippen LogP contribution in [0, 0.1) is 0 Å². The Kier molecular flexibility index (Phi) is 6.72. The molecule has 1 heterocycles. The van der Waals surface area contributed by atoms with Gasteiger partial charge in [-0.3, -0.25) is 0 Å². The van der Waals surface area contributed by atoms with Gasteiger partial charge in [-0.15, -0.1) is 0 Å². The van der Waals surface area contributed by atoms with Crippen LogP contribution in [0.1, 0.15) is 45.4 Å². The van der Waals surface area contributed by atoms with E-state index in [1.54, 1.807) is 6.20 Å². The molecule has 0 amide bonds. The van der Waals surface area contributed by atoms with Crippen molar-refractivity contribution in [2.75, 3.05) is 6.61 Å². The van der Waals surface area contributed by atoms with Crippen LogP contribution in [-0.4, -0.2) is 16.6 Å². The van der Waals surface area contributed by atoms with Crippen molar-refractivity contribution in [2.24, 2.45) is 0 Å². The van der Waals surface area contributed by atoms with Gasteiger partial charge in [-0.05, 0) is 6.42 Å². The summed E-state index contributed by atoms with van der Waals surface area (Å²) in [7, 11) is 0. The molecule has 0 fully saturated rings. The van der Waals surface area contributed by atoms with Crippen molar-refractivity contribution in [1.29, 1.82) is 0 Å². The summed E-state index contributed by atoms with van der Waals surface area (Å²) in [6.45, 7) is 2.97. The number of nitrogens with zero attached hydrogens (tertiary/aromatic N) is 2. The second kappa shape index (κ2) is 9.11. The molecule has 0 bridgehead atoms. The van der Waals surface area contributed by atoms with E-state index in [-0.39, 0.29) is 0 Å². The van der Waals surface area contributed by atoms with Crippen LogP contribution < -0.4 is 4.74 Å². The molecule has 0 aliphatic rings. The van der Waals surface area contributed by atoms with Crippen molar-refractivity contribution < 1.29 is 4.74 Å². The van der Waals surface area contributed by atoms with Crippen molar-refractivity contribution in [1.82, 2.24) is 9.97 Å². The molecule has 3 heteroatoms. The van der Waals surface area contributed by atoms with Crippen molar-refractivity contribution in [3.05, 3.63) is 42.6 Å². The van der Waals surface area contributed by atoms with Gasteiger partial charge in [-0.25, -0.2) is 4.98 Å². The molecule has 3 nitrogen and oxygen atoms in total. The lowest BCUT2D eigenvalue weighted by molar-refractivity contribution is 0.293. The molecule has 0 spiro atoms. The fourth-order valence-electron chi connectivity index (χ4n) is 2.21. The number of hydrogen-bond acceptors (Lipinski definition) is 3. The molecule has 112 valence electrons. The van der Waals surface area contributed by atoms with Gasteiger partial charge in [0.25, 0.3) is 0 Å². The molecular weight excluding hydrogens is 260 g/mol. The van der Waals surface area contributed by atoms with E-state index in [0.717, 1.165) is 24.4 Å².